The monoisotopic (exact) mass is 398 g/mol. The molecule has 150 valence electrons. The molecule has 10 heteroatoms. The number of hydrogen-bond donors (Lipinski definition) is 0. The number of halogens is 4. The largest absolute Gasteiger partial charge is 0.346 e. The summed E-state index contributed by atoms with van der Waals surface area (Å²) in [5.41, 5.74) is -0.218. The lowest BCUT2D eigenvalue weighted by atomic mass is 10.0. The first kappa shape index (κ1) is 18.7. The minimum absolute atomic E-state index is 0.0836. The zero-order valence-corrected chi connectivity index (χ0v) is 14.8. The van der Waals surface area contributed by atoms with Crippen LogP contribution in [0.15, 0.2) is 23.0 Å². The van der Waals surface area contributed by atoms with Gasteiger partial charge in [0.25, 0.3) is 0 Å². The highest BCUT2D eigenvalue weighted by Gasteiger charge is 2.40. The molecule has 6 nitrogen and oxygen atoms in total. The lowest BCUT2D eigenvalue weighted by molar-refractivity contribution is -0.134. The molecule has 4 rings (SSSR count). The second-order valence-electron chi connectivity index (χ2n) is 7.16. The van der Waals surface area contributed by atoms with E-state index in [0.29, 0.717) is 30.7 Å². The number of benzene rings is 1. The molecule has 0 aliphatic carbocycles. The molecular weight excluding hydrogens is 380 g/mol. The Morgan fingerprint density at radius 2 is 1.86 bits per heavy atom. The van der Waals surface area contributed by atoms with Gasteiger partial charge in [0.2, 0.25) is 5.91 Å². The molecule has 28 heavy (non-hydrogen) atoms. The van der Waals surface area contributed by atoms with Crippen LogP contribution in [0.1, 0.15) is 30.3 Å². The number of aryl methyl sites for hydroxylation is 1. The molecule has 2 aliphatic heterocycles. The second kappa shape index (κ2) is 7.06. The van der Waals surface area contributed by atoms with Crippen LogP contribution in [0.25, 0.3) is 0 Å². The Balaban J connectivity index is 1.62. The minimum Gasteiger partial charge on any atom is -0.335 e. The van der Waals surface area contributed by atoms with Gasteiger partial charge < -0.3 is 4.90 Å². The molecule has 1 saturated heterocycles. The average molecular weight is 398 g/mol. The van der Waals surface area contributed by atoms with Gasteiger partial charge in [-0.05, 0) is 30.5 Å². The van der Waals surface area contributed by atoms with Crippen molar-refractivity contribution in [2.75, 3.05) is 13.1 Å². The first-order valence-corrected chi connectivity index (χ1v) is 9.04. The van der Waals surface area contributed by atoms with Gasteiger partial charge in [0.05, 0.1) is 19.6 Å². The maximum atomic E-state index is 13.5. The van der Waals surface area contributed by atoms with Crippen molar-refractivity contribution in [2.45, 2.75) is 44.2 Å². The zero-order valence-electron chi connectivity index (χ0n) is 14.8. The van der Waals surface area contributed by atoms with Gasteiger partial charge in [0.1, 0.15) is 11.9 Å². The quantitative estimate of drug-likeness (QED) is 0.741. The van der Waals surface area contributed by atoms with Gasteiger partial charge in [-0.3, -0.25) is 9.36 Å². The van der Waals surface area contributed by atoms with Crippen molar-refractivity contribution in [1.82, 2.24) is 19.2 Å². The fourth-order valence-corrected chi connectivity index (χ4v) is 3.79. The van der Waals surface area contributed by atoms with Crippen LogP contribution in [0, 0.1) is 11.6 Å². The summed E-state index contributed by atoms with van der Waals surface area (Å²) in [7, 11) is 0. The molecule has 0 saturated carbocycles. The molecule has 1 fully saturated rings. The van der Waals surface area contributed by atoms with Crippen molar-refractivity contribution in [2.24, 2.45) is 0 Å². The fraction of sp³-hybridized carbons (Fsp3) is 0.500. The molecule has 0 bridgehead atoms. The van der Waals surface area contributed by atoms with Gasteiger partial charge in [-0.2, -0.15) is 5.10 Å². The van der Waals surface area contributed by atoms with Crippen molar-refractivity contribution in [3.8, 4) is 0 Å². The first-order valence-electron chi connectivity index (χ1n) is 9.04. The summed E-state index contributed by atoms with van der Waals surface area (Å²) in [6.07, 6.45) is -2.00. The Morgan fingerprint density at radius 1 is 1.14 bits per heavy atom. The predicted molar refractivity (Wildman–Crippen MR) is 90.3 cm³/mol. The average Bonchev–Trinajstić information content (AvgIpc) is 3.17. The van der Waals surface area contributed by atoms with E-state index >= 15 is 0 Å². The molecule has 0 N–H and O–H groups in total. The Kier molecular flexibility index (Phi) is 4.72. The van der Waals surface area contributed by atoms with E-state index in [1.807, 2.05) is 0 Å². The lowest BCUT2D eigenvalue weighted by Gasteiger charge is -2.26. The van der Waals surface area contributed by atoms with Crippen LogP contribution in [0.5, 0.6) is 0 Å². The normalized spacial score (nSPS) is 24.4. The van der Waals surface area contributed by atoms with Gasteiger partial charge in [-0.25, -0.2) is 27.0 Å². The number of amides is 1. The van der Waals surface area contributed by atoms with E-state index in [2.05, 4.69) is 5.10 Å². The third kappa shape index (κ3) is 3.20. The second-order valence-corrected chi connectivity index (χ2v) is 7.16. The minimum atomic E-state index is -1.72. The third-order valence-corrected chi connectivity index (χ3v) is 5.23. The molecule has 1 aromatic heterocycles. The van der Waals surface area contributed by atoms with Gasteiger partial charge in [0.15, 0.2) is 24.0 Å². The molecule has 3 heterocycles. The molecule has 0 radical (unpaired) electrons. The molecule has 1 aromatic carbocycles. The Bertz CT molecular complexity index is 963. The summed E-state index contributed by atoms with van der Waals surface area (Å²) < 4.78 is 55.8. The number of alkyl halides is 2. The molecule has 3 atom stereocenters. The Labute approximate surface area is 157 Å². The number of fused-ring (bicyclic) bond motifs is 1. The smallest absolute Gasteiger partial charge is 0.335 e. The lowest BCUT2D eigenvalue weighted by Crippen LogP contribution is -2.42. The van der Waals surface area contributed by atoms with Crippen LogP contribution in [0.2, 0.25) is 0 Å². The number of rotatable bonds is 3. The SMILES string of the molecule is O=C([C@@H]1CCCc2nn(Cc3ccc(F)c(F)c3)c(=O)n21)N1C[C@@H](F)[C@@H](F)C1. The first-order chi connectivity index (χ1) is 13.3. The van der Waals surface area contributed by atoms with Gasteiger partial charge in [-0.1, -0.05) is 6.07 Å². The van der Waals surface area contributed by atoms with Gasteiger partial charge >= 0.3 is 5.69 Å². The highest BCUT2D eigenvalue weighted by molar-refractivity contribution is 5.81. The summed E-state index contributed by atoms with van der Waals surface area (Å²) in [5, 5.41) is 4.22. The molecule has 0 unspecified atom stereocenters. The van der Waals surface area contributed by atoms with E-state index in [9.17, 15) is 27.2 Å². The van der Waals surface area contributed by atoms with Gasteiger partial charge in [0, 0.05) is 6.42 Å². The van der Waals surface area contributed by atoms with Crippen molar-refractivity contribution >= 4 is 5.91 Å². The molecule has 2 aliphatic rings. The summed E-state index contributed by atoms with van der Waals surface area (Å²) >= 11 is 0. The number of aromatic nitrogens is 3. The fourth-order valence-electron chi connectivity index (χ4n) is 3.79. The van der Waals surface area contributed by atoms with Crippen LogP contribution < -0.4 is 5.69 Å². The molecule has 1 amide bonds. The van der Waals surface area contributed by atoms with E-state index in [0.717, 1.165) is 21.7 Å². The number of carbonyl (C=O) groups excluding carboxylic acids is 1. The number of likely N-dealkylation sites (tertiary alicyclic amines) is 1. The van der Waals surface area contributed by atoms with Crippen LogP contribution >= 0.6 is 0 Å². The van der Waals surface area contributed by atoms with Gasteiger partial charge in [-0.15, -0.1) is 0 Å². The van der Waals surface area contributed by atoms with Crippen molar-refractivity contribution in [3.05, 3.63) is 51.7 Å². The van der Waals surface area contributed by atoms with Crippen LogP contribution in [0.4, 0.5) is 17.6 Å². The van der Waals surface area contributed by atoms with Crippen LogP contribution in [-0.4, -0.2) is 50.6 Å². The predicted octanol–water partition coefficient (Wildman–Crippen LogP) is 1.77. The molecular formula is C18H18F4N4O2. The third-order valence-electron chi connectivity index (χ3n) is 5.23. The van der Waals surface area contributed by atoms with Crippen LogP contribution in [-0.2, 0) is 17.8 Å². The van der Waals surface area contributed by atoms with Crippen LogP contribution in [0.3, 0.4) is 0 Å². The highest BCUT2D eigenvalue weighted by atomic mass is 19.2. The summed E-state index contributed by atoms with van der Waals surface area (Å²) in [6, 6.07) is 2.42. The standard InChI is InChI=1S/C18H18F4N4O2/c19-11-5-4-10(6-12(11)20)7-25-18(28)26-15(2-1-3-16(26)23-25)17(27)24-8-13(21)14(22)9-24/h4-6,13-15H,1-3,7-9H2/t13-,14+,15-/m0/s1. The van der Waals surface area contributed by atoms with E-state index in [1.54, 1.807) is 0 Å². The maximum absolute atomic E-state index is 13.5. The van der Waals surface area contributed by atoms with E-state index in [1.165, 1.54) is 10.6 Å². The highest BCUT2D eigenvalue weighted by Crippen LogP contribution is 2.27. The Hall–Kier alpha value is -2.65. The van der Waals surface area contributed by atoms with Crippen molar-refractivity contribution in [1.29, 1.82) is 0 Å². The summed E-state index contributed by atoms with van der Waals surface area (Å²) in [6.45, 7) is -0.743. The topological polar surface area (TPSA) is 60.1 Å². The van der Waals surface area contributed by atoms with E-state index < -0.39 is 41.6 Å². The maximum Gasteiger partial charge on any atom is 0.346 e. The van der Waals surface area contributed by atoms with Crippen molar-refractivity contribution < 1.29 is 22.4 Å². The summed E-state index contributed by atoms with van der Waals surface area (Å²) in [5.74, 6) is -2.13. The van der Waals surface area contributed by atoms with Crippen molar-refractivity contribution in [3.63, 3.8) is 0 Å². The molecule has 2 aromatic rings. The number of hydrogen-bond acceptors (Lipinski definition) is 3. The molecule has 0 spiro atoms. The number of carbonyl (C=O) groups is 1. The van der Waals surface area contributed by atoms with E-state index in [4.69, 9.17) is 0 Å². The Morgan fingerprint density at radius 3 is 2.54 bits per heavy atom. The zero-order chi connectivity index (χ0) is 20.0. The van der Waals surface area contributed by atoms with E-state index in [-0.39, 0.29) is 19.6 Å². The number of nitrogens with zero attached hydrogens (tertiary/aromatic N) is 4. The summed E-state index contributed by atoms with van der Waals surface area (Å²) in [4.78, 5) is 26.7.